The first-order chi connectivity index (χ1) is 14.0. The molecule has 4 rings (SSSR count). The summed E-state index contributed by atoms with van der Waals surface area (Å²) in [4.78, 5) is 30.2. The Kier molecular flexibility index (Phi) is 5.24. The van der Waals surface area contributed by atoms with Crippen LogP contribution in [-0.4, -0.2) is 30.6 Å². The predicted molar refractivity (Wildman–Crippen MR) is 113 cm³/mol. The number of nitrogens with zero attached hydrogens (tertiary/aromatic N) is 1. The number of aromatic nitrogens is 1. The maximum Gasteiger partial charge on any atom is 0.350 e. The van der Waals surface area contributed by atoms with E-state index in [4.69, 9.17) is 20.2 Å². The molecule has 6 nitrogen and oxygen atoms in total. The van der Waals surface area contributed by atoms with Gasteiger partial charge < -0.3 is 15.2 Å². The zero-order chi connectivity index (χ0) is 20.5. The van der Waals surface area contributed by atoms with Crippen LogP contribution < -0.4 is 5.73 Å². The number of nitrogens with two attached hydrogens (primary N) is 1. The summed E-state index contributed by atoms with van der Waals surface area (Å²) in [6, 6.07) is 7.29. The Bertz CT molecular complexity index is 1100. The molecular weight excluding hydrogens is 388 g/mol. The number of hydrogen-bond acceptors (Lipinski definition) is 7. The van der Waals surface area contributed by atoms with Crippen molar-refractivity contribution in [3.05, 3.63) is 46.0 Å². The van der Waals surface area contributed by atoms with Crippen molar-refractivity contribution in [3.8, 4) is 11.1 Å². The van der Waals surface area contributed by atoms with Gasteiger partial charge in [0.2, 0.25) is 0 Å². The van der Waals surface area contributed by atoms with Gasteiger partial charge in [-0.3, -0.25) is 0 Å². The number of pyridine rings is 1. The van der Waals surface area contributed by atoms with Crippen LogP contribution in [0.2, 0.25) is 0 Å². The Labute approximate surface area is 172 Å². The molecule has 0 saturated heterocycles. The number of fused-ring (bicyclic) bond motifs is 2. The van der Waals surface area contributed by atoms with Crippen LogP contribution in [0.25, 0.3) is 21.3 Å². The average Bonchev–Trinajstić information content (AvgIpc) is 3.08. The number of aryl methyl sites for hydroxylation is 1. The van der Waals surface area contributed by atoms with Crippen molar-refractivity contribution in [1.82, 2.24) is 4.98 Å². The number of thiophene rings is 1. The van der Waals surface area contributed by atoms with E-state index in [1.807, 2.05) is 12.1 Å². The summed E-state index contributed by atoms with van der Waals surface area (Å²) in [7, 11) is 1.36. The van der Waals surface area contributed by atoms with Gasteiger partial charge >= 0.3 is 11.9 Å². The second-order valence-corrected chi connectivity index (χ2v) is 7.93. The first kappa shape index (κ1) is 19.4. The molecule has 0 atom stereocenters. The summed E-state index contributed by atoms with van der Waals surface area (Å²) in [5, 5.41) is 0.796. The number of methoxy groups -OCH3 is 1. The van der Waals surface area contributed by atoms with E-state index in [1.165, 1.54) is 24.0 Å². The molecule has 0 aliphatic heterocycles. The van der Waals surface area contributed by atoms with E-state index in [9.17, 15) is 9.59 Å². The molecule has 0 radical (unpaired) electrons. The van der Waals surface area contributed by atoms with Gasteiger partial charge in [0.05, 0.1) is 25.0 Å². The number of ether oxygens (including phenoxy) is 2. The lowest BCUT2D eigenvalue weighted by Crippen LogP contribution is -2.08. The third-order valence-corrected chi connectivity index (χ3v) is 6.29. The van der Waals surface area contributed by atoms with Crippen LogP contribution >= 0.6 is 11.3 Å². The maximum absolute atomic E-state index is 12.4. The number of hydrogen-bond donors (Lipinski definition) is 1. The Morgan fingerprint density at radius 1 is 1.14 bits per heavy atom. The molecule has 0 amide bonds. The minimum absolute atomic E-state index is 0.290. The Morgan fingerprint density at radius 3 is 2.55 bits per heavy atom. The van der Waals surface area contributed by atoms with E-state index < -0.39 is 5.97 Å². The molecule has 1 aliphatic rings. The monoisotopic (exact) mass is 410 g/mol. The summed E-state index contributed by atoms with van der Waals surface area (Å²) >= 11 is 1.28. The van der Waals surface area contributed by atoms with Gasteiger partial charge in [-0.05, 0) is 61.4 Å². The third-order valence-electron chi connectivity index (χ3n) is 5.21. The molecule has 7 heteroatoms. The Balaban J connectivity index is 1.95. The molecule has 0 saturated carbocycles. The fourth-order valence-corrected chi connectivity index (χ4v) is 4.88. The largest absolute Gasteiger partial charge is 0.465 e. The van der Waals surface area contributed by atoms with Gasteiger partial charge in [-0.1, -0.05) is 12.1 Å². The zero-order valence-electron chi connectivity index (χ0n) is 16.4. The second kappa shape index (κ2) is 7.83. The summed E-state index contributed by atoms with van der Waals surface area (Å²) < 4.78 is 9.97. The summed E-state index contributed by atoms with van der Waals surface area (Å²) in [6.07, 6.45) is 4.00. The lowest BCUT2D eigenvalue weighted by atomic mass is 9.87. The number of benzene rings is 1. The lowest BCUT2D eigenvalue weighted by molar-refractivity contribution is 0.0532. The van der Waals surface area contributed by atoms with E-state index in [1.54, 1.807) is 19.1 Å². The fraction of sp³-hybridized carbons (Fsp3) is 0.318. The summed E-state index contributed by atoms with van der Waals surface area (Å²) in [5.41, 5.74) is 11.5. The van der Waals surface area contributed by atoms with Crippen molar-refractivity contribution in [2.75, 3.05) is 19.5 Å². The number of carbonyl (C=O) groups is 2. The third kappa shape index (κ3) is 3.35. The average molecular weight is 410 g/mol. The van der Waals surface area contributed by atoms with Gasteiger partial charge in [-0.15, -0.1) is 11.3 Å². The van der Waals surface area contributed by atoms with Gasteiger partial charge in [0.1, 0.15) is 9.71 Å². The van der Waals surface area contributed by atoms with Gasteiger partial charge in [0.25, 0.3) is 0 Å². The molecule has 1 aliphatic carbocycles. The molecule has 0 unspecified atom stereocenters. The van der Waals surface area contributed by atoms with E-state index >= 15 is 0 Å². The van der Waals surface area contributed by atoms with Gasteiger partial charge in [0.15, 0.2) is 0 Å². The van der Waals surface area contributed by atoms with Crippen molar-refractivity contribution in [1.29, 1.82) is 0 Å². The molecule has 0 fully saturated rings. The van der Waals surface area contributed by atoms with E-state index in [0.717, 1.165) is 52.7 Å². The topological polar surface area (TPSA) is 91.5 Å². The smallest absolute Gasteiger partial charge is 0.350 e. The van der Waals surface area contributed by atoms with Crippen LogP contribution in [0.4, 0.5) is 5.69 Å². The maximum atomic E-state index is 12.4. The van der Waals surface area contributed by atoms with Gasteiger partial charge in [0, 0.05) is 11.1 Å². The molecule has 2 aromatic heterocycles. The predicted octanol–water partition coefficient (Wildman–Crippen LogP) is 4.39. The highest BCUT2D eigenvalue weighted by Gasteiger charge is 2.26. The van der Waals surface area contributed by atoms with Crippen molar-refractivity contribution < 1.29 is 19.1 Å². The van der Waals surface area contributed by atoms with Crippen LogP contribution in [0.3, 0.4) is 0 Å². The normalized spacial score (nSPS) is 13.2. The fourth-order valence-electron chi connectivity index (χ4n) is 3.86. The molecule has 0 bridgehead atoms. The zero-order valence-corrected chi connectivity index (χ0v) is 17.2. The molecule has 3 aromatic rings. The van der Waals surface area contributed by atoms with E-state index in [0.29, 0.717) is 16.1 Å². The van der Waals surface area contributed by atoms with Crippen LogP contribution in [-0.2, 0) is 22.3 Å². The lowest BCUT2D eigenvalue weighted by Gasteiger charge is -2.20. The standard InChI is InChI=1S/C22H22N2O4S/c1-3-28-22(26)19-18(23)17-16(12-8-10-13(11-9-12)21(25)27-2)14-6-4-5-7-15(14)24-20(17)29-19/h8-11H,3-7,23H2,1-2H3. The molecule has 29 heavy (non-hydrogen) atoms. The van der Waals surface area contributed by atoms with Crippen LogP contribution in [0, 0.1) is 0 Å². The molecule has 2 heterocycles. The summed E-state index contributed by atoms with van der Waals surface area (Å²) in [5.74, 6) is -0.795. The Morgan fingerprint density at radius 2 is 1.86 bits per heavy atom. The number of esters is 2. The highest BCUT2D eigenvalue weighted by molar-refractivity contribution is 7.21. The number of carbonyl (C=O) groups excluding carboxylic acids is 2. The minimum atomic E-state index is -0.419. The molecule has 2 N–H and O–H groups in total. The van der Waals surface area contributed by atoms with Crippen LogP contribution in [0.1, 0.15) is 51.1 Å². The molecule has 150 valence electrons. The van der Waals surface area contributed by atoms with Crippen LogP contribution in [0.5, 0.6) is 0 Å². The minimum Gasteiger partial charge on any atom is -0.465 e. The van der Waals surface area contributed by atoms with Crippen molar-refractivity contribution >= 4 is 39.2 Å². The highest BCUT2D eigenvalue weighted by Crippen LogP contribution is 2.44. The van der Waals surface area contributed by atoms with Crippen LogP contribution in [0.15, 0.2) is 24.3 Å². The van der Waals surface area contributed by atoms with E-state index in [-0.39, 0.29) is 12.6 Å². The number of nitrogen functional groups attached to an aromatic ring is 1. The first-order valence-electron chi connectivity index (χ1n) is 9.64. The molecule has 1 aromatic carbocycles. The van der Waals surface area contributed by atoms with Crippen molar-refractivity contribution in [2.45, 2.75) is 32.6 Å². The number of rotatable bonds is 4. The second-order valence-electron chi connectivity index (χ2n) is 6.93. The molecular formula is C22H22N2O4S. The summed E-state index contributed by atoms with van der Waals surface area (Å²) in [6.45, 7) is 2.06. The van der Waals surface area contributed by atoms with Crippen molar-refractivity contribution in [2.24, 2.45) is 0 Å². The number of anilines is 1. The van der Waals surface area contributed by atoms with Gasteiger partial charge in [-0.25, -0.2) is 14.6 Å². The van der Waals surface area contributed by atoms with E-state index in [2.05, 4.69) is 0 Å². The molecule has 0 spiro atoms. The quantitative estimate of drug-likeness (QED) is 0.642. The highest BCUT2D eigenvalue weighted by atomic mass is 32.1. The SMILES string of the molecule is CCOC(=O)c1sc2nc3c(c(-c4ccc(C(=O)OC)cc4)c2c1N)CCCC3. The van der Waals surface area contributed by atoms with Crippen molar-refractivity contribution in [3.63, 3.8) is 0 Å². The first-order valence-corrected chi connectivity index (χ1v) is 10.5. The van der Waals surface area contributed by atoms with Gasteiger partial charge in [-0.2, -0.15) is 0 Å². The Hall–Kier alpha value is -2.93.